The normalized spacial score (nSPS) is 25.3. The molecule has 0 aromatic rings. The van der Waals surface area contributed by atoms with Crippen LogP contribution in [0.5, 0.6) is 0 Å². The maximum Gasteiger partial charge on any atom is 0.162 e. The molecule has 4 nitrogen and oxygen atoms in total. The Kier molecular flexibility index (Phi) is 5.17. The molecule has 2 aliphatic carbocycles. The lowest BCUT2D eigenvalue weighted by Crippen LogP contribution is -2.17. The molecule has 2 rings (SSSR count). The lowest BCUT2D eigenvalue weighted by molar-refractivity contribution is -0.116. The van der Waals surface area contributed by atoms with Gasteiger partial charge in [0.2, 0.25) is 0 Å². The van der Waals surface area contributed by atoms with Crippen molar-refractivity contribution in [3.05, 3.63) is 59.6 Å². The number of carbonyl (C=O) groups excluding carboxylic acids is 1. The minimum Gasteiger partial charge on any atom is -0.508 e. The summed E-state index contributed by atoms with van der Waals surface area (Å²) in [5.74, 6) is 0.899. The highest BCUT2D eigenvalue weighted by molar-refractivity contribution is 5.93. The SMILES string of the molecule is COC1=CC=C(/C=C/C(=O)[C@@H]2C=CC(O)=CC2)[C@H](OC)C1. The van der Waals surface area contributed by atoms with E-state index >= 15 is 0 Å². The Morgan fingerprint density at radius 2 is 2.19 bits per heavy atom. The van der Waals surface area contributed by atoms with Crippen LogP contribution in [0.1, 0.15) is 12.8 Å². The van der Waals surface area contributed by atoms with Gasteiger partial charge in [-0.15, -0.1) is 0 Å². The van der Waals surface area contributed by atoms with E-state index in [4.69, 9.17) is 9.47 Å². The zero-order valence-electron chi connectivity index (χ0n) is 12.3. The molecule has 0 radical (unpaired) electrons. The van der Waals surface area contributed by atoms with Crippen LogP contribution in [0.25, 0.3) is 0 Å². The Morgan fingerprint density at radius 3 is 2.81 bits per heavy atom. The van der Waals surface area contributed by atoms with Crippen molar-refractivity contribution >= 4 is 5.78 Å². The van der Waals surface area contributed by atoms with E-state index in [1.165, 1.54) is 0 Å². The second-order valence-electron chi connectivity index (χ2n) is 5.00. The molecule has 2 aliphatic rings. The summed E-state index contributed by atoms with van der Waals surface area (Å²) in [4.78, 5) is 12.1. The van der Waals surface area contributed by atoms with Crippen LogP contribution in [0.4, 0.5) is 0 Å². The summed E-state index contributed by atoms with van der Waals surface area (Å²) in [6, 6.07) is 0. The number of carbonyl (C=O) groups is 1. The first-order valence-corrected chi connectivity index (χ1v) is 6.91. The Bertz CT molecular complexity index is 549. The lowest BCUT2D eigenvalue weighted by atomic mass is 9.93. The first-order chi connectivity index (χ1) is 10.1. The van der Waals surface area contributed by atoms with Crippen molar-refractivity contribution in [2.24, 2.45) is 5.92 Å². The summed E-state index contributed by atoms with van der Waals surface area (Å²) in [6.07, 6.45) is 13.2. The number of rotatable bonds is 5. The monoisotopic (exact) mass is 288 g/mol. The van der Waals surface area contributed by atoms with Gasteiger partial charge in [0, 0.05) is 19.4 Å². The fraction of sp³-hybridized carbons (Fsp3) is 0.353. The molecule has 0 amide bonds. The van der Waals surface area contributed by atoms with Gasteiger partial charge in [-0.05, 0) is 36.3 Å². The molecular weight excluding hydrogens is 268 g/mol. The minimum atomic E-state index is -0.201. The number of ketones is 1. The smallest absolute Gasteiger partial charge is 0.162 e. The van der Waals surface area contributed by atoms with E-state index in [2.05, 4.69) is 0 Å². The number of hydrogen-bond donors (Lipinski definition) is 1. The van der Waals surface area contributed by atoms with Crippen LogP contribution in [0.2, 0.25) is 0 Å². The number of allylic oxidation sites excluding steroid dienone is 6. The van der Waals surface area contributed by atoms with Gasteiger partial charge in [0.15, 0.2) is 5.78 Å². The van der Waals surface area contributed by atoms with E-state index in [9.17, 15) is 9.90 Å². The van der Waals surface area contributed by atoms with Crippen LogP contribution in [-0.4, -0.2) is 31.2 Å². The Morgan fingerprint density at radius 1 is 1.38 bits per heavy atom. The van der Waals surface area contributed by atoms with Crippen molar-refractivity contribution in [1.82, 2.24) is 0 Å². The van der Waals surface area contributed by atoms with E-state index in [0.29, 0.717) is 12.8 Å². The highest BCUT2D eigenvalue weighted by Gasteiger charge is 2.19. The fourth-order valence-electron chi connectivity index (χ4n) is 2.32. The van der Waals surface area contributed by atoms with Crippen molar-refractivity contribution in [3.63, 3.8) is 0 Å². The second-order valence-corrected chi connectivity index (χ2v) is 5.00. The summed E-state index contributed by atoms with van der Waals surface area (Å²) in [5, 5.41) is 9.26. The van der Waals surface area contributed by atoms with Crippen molar-refractivity contribution in [2.45, 2.75) is 18.9 Å². The van der Waals surface area contributed by atoms with Crippen LogP contribution in [0, 0.1) is 5.92 Å². The maximum absolute atomic E-state index is 12.1. The summed E-state index contributed by atoms with van der Waals surface area (Å²) in [7, 11) is 3.28. The Hall–Kier alpha value is -2.07. The van der Waals surface area contributed by atoms with Crippen molar-refractivity contribution < 1.29 is 19.4 Å². The zero-order chi connectivity index (χ0) is 15.2. The average Bonchev–Trinajstić information content (AvgIpc) is 2.53. The van der Waals surface area contributed by atoms with Crippen LogP contribution in [0.3, 0.4) is 0 Å². The van der Waals surface area contributed by atoms with Crippen molar-refractivity contribution in [1.29, 1.82) is 0 Å². The lowest BCUT2D eigenvalue weighted by Gasteiger charge is -2.21. The third-order valence-corrected chi connectivity index (χ3v) is 3.65. The molecule has 4 heteroatoms. The topological polar surface area (TPSA) is 55.8 Å². The van der Waals surface area contributed by atoms with Gasteiger partial charge in [-0.2, -0.15) is 0 Å². The number of hydrogen-bond acceptors (Lipinski definition) is 4. The molecule has 0 spiro atoms. The Balaban J connectivity index is 2.03. The molecule has 0 saturated heterocycles. The number of methoxy groups -OCH3 is 2. The van der Waals surface area contributed by atoms with Crippen molar-refractivity contribution in [3.8, 4) is 0 Å². The molecule has 0 aromatic carbocycles. The predicted molar refractivity (Wildman–Crippen MR) is 80.7 cm³/mol. The van der Waals surface area contributed by atoms with E-state index in [1.54, 1.807) is 44.6 Å². The predicted octanol–water partition coefficient (Wildman–Crippen LogP) is 3.01. The molecule has 21 heavy (non-hydrogen) atoms. The van der Waals surface area contributed by atoms with E-state index in [-0.39, 0.29) is 23.6 Å². The van der Waals surface area contributed by atoms with E-state index in [1.807, 2.05) is 12.2 Å². The number of aliphatic hydroxyl groups excluding tert-OH is 1. The van der Waals surface area contributed by atoms with Crippen molar-refractivity contribution in [2.75, 3.05) is 14.2 Å². The molecular formula is C17H20O4. The largest absolute Gasteiger partial charge is 0.508 e. The third-order valence-electron chi connectivity index (χ3n) is 3.65. The van der Waals surface area contributed by atoms with Gasteiger partial charge in [0.05, 0.1) is 19.0 Å². The van der Waals surface area contributed by atoms with Crippen LogP contribution in [0.15, 0.2) is 59.6 Å². The van der Waals surface area contributed by atoms with Crippen LogP contribution >= 0.6 is 0 Å². The second kappa shape index (κ2) is 7.09. The number of aliphatic hydroxyl groups is 1. The molecule has 1 N–H and O–H groups in total. The first kappa shape index (κ1) is 15.3. The van der Waals surface area contributed by atoms with Crippen LogP contribution in [-0.2, 0) is 14.3 Å². The molecule has 0 fully saturated rings. The van der Waals surface area contributed by atoms with E-state index < -0.39 is 0 Å². The quantitative estimate of drug-likeness (QED) is 0.790. The molecule has 0 unspecified atom stereocenters. The zero-order valence-corrected chi connectivity index (χ0v) is 12.3. The number of ether oxygens (including phenoxy) is 2. The standard InChI is InChI=1S/C17H20O4/c1-20-15-9-5-13(17(11-15)21-2)6-10-16(19)12-3-7-14(18)8-4-12/h3,5-10,12,17-18H,4,11H2,1-2H3/b10-6+/t12-,17-/m1/s1. The average molecular weight is 288 g/mol. The minimum absolute atomic E-state index is 0.0206. The van der Waals surface area contributed by atoms with Gasteiger partial charge in [-0.25, -0.2) is 0 Å². The van der Waals surface area contributed by atoms with Gasteiger partial charge in [0.25, 0.3) is 0 Å². The van der Waals surface area contributed by atoms with Gasteiger partial charge in [0.1, 0.15) is 5.76 Å². The highest BCUT2D eigenvalue weighted by atomic mass is 16.5. The molecule has 0 bridgehead atoms. The first-order valence-electron chi connectivity index (χ1n) is 6.91. The molecule has 0 saturated carbocycles. The summed E-state index contributed by atoms with van der Waals surface area (Å²) in [6.45, 7) is 0. The van der Waals surface area contributed by atoms with Gasteiger partial charge in [-0.3, -0.25) is 4.79 Å². The molecule has 0 aromatic heterocycles. The Labute approximate surface area is 124 Å². The molecule has 2 atom stereocenters. The summed E-state index contributed by atoms with van der Waals surface area (Å²) < 4.78 is 10.6. The van der Waals surface area contributed by atoms with Gasteiger partial charge < -0.3 is 14.6 Å². The summed E-state index contributed by atoms with van der Waals surface area (Å²) in [5.41, 5.74) is 0.949. The molecule has 0 heterocycles. The van der Waals surface area contributed by atoms with Gasteiger partial charge in [-0.1, -0.05) is 18.2 Å². The summed E-state index contributed by atoms with van der Waals surface area (Å²) >= 11 is 0. The van der Waals surface area contributed by atoms with Crippen LogP contribution < -0.4 is 0 Å². The molecule has 0 aliphatic heterocycles. The fourth-order valence-corrected chi connectivity index (χ4v) is 2.32. The van der Waals surface area contributed by atoms with Gasteiger partial charge >= 0.3 is 0 Å². The third kappa shape index (κ3) is 3.95. The maximum atomic E-state index is 12.1. The highest BCUT2D eigenvalue weighted by Crippen LogP contribution is 2.23. The van der Waals surface area contributed by atoms with E-state index in [0.717, 1.165) is 11.3 Å². The molecule has 112 valence electrons.